The van der Waals surface area contributed by atoms with Crippen LogP contribution < -0.4 is 5.09 Å². The summed E-state index contributed by atoms with van der Waals surface area (Å²) in [6, 6.07) is 0. The molecule has 0 aromatic carbocycles. The minimum Gasteiger partial charge on any atom is -0.444 e. The SMILES string of the molecule is CC(C)(C)OC(=O)NP(C)(=O)O. The molecule has 0 radical (unpaired) electrons. The van der Waals surface area contributed by atoms with Crippen LogP contribution in [0.5, 0.6) is 0 Å². The van der Waals surface area contributed by atoms with Crippen LogP contribution in [0.3, 0.4) is 0 Å². The van der Waals surface area contributed by atoms with Gasteiger partial charge < -0.3 is 9.63 Å². The average Bonchev–Trinajstić information content (AvgIpc) is 1.49. The van der Waals surface area contributed by atoms with Gasteiger partial charge in [0.25, 0.3) is 7.52 Å². The van der Waals surface area contributed by atoms with Crippen molar-refractivity contribution in [2.75, 3.05) is 6.66 Å². The zero-order valence-corrected chi connectivity index (χ0v) is 8.51. The Labute approximate surface area is 71.6 Å². The Morgan fingerprint density at radius 1 is 1.50 bits per heavy atom. The standard InChI is InChI=1S/C6H14NO4P/c1-6(2,3)11-5(8)7-12(4,9)10/h1-4H3,(H2,7,8,9,10). The van der Waals surface area contributed by atoms with E-state index in [9.17, 15) is 9.36 Å². The molecule has 0 saturated heterocycles. The zero-order chi connectivity index (χ0) is 9.99. The van der Waals surface area contributed by atoms with Crippen molar-refractivity contribution in [3.8, 4) is 0 Å². The third-order valence-electron chi connectivity index (χ3n) is 0.698. The Balaban J connectivity index is 4.01. The van der Waals surface area contributed by atoms with Crippen molar-refractivity contribution in [1.29, 1.82) is 0 Å². The number of rotatable bonds is 1. The molecular formula is C6H14NO4P. The molecule has 0 aromatic rings. The van der Waals surface area contributed by atoms with E-state index in [0.29, 0.717) is 0 Å². The molecule has 0 aliphatic rings. The molecule has 0 bridgehead atoms. The van der Waals surface area contributed by atoms with Gasteiger partial charge in [-0.1, -0.05) is 0 Å². The van der Waals surface area contributed by atoms with Crippen molar-refractivity contribution in [3.63, 3.8) is 0 Å². The lowest BCUT2D eigenvalue weighted by molar-refractivity contribution is 0.0565. The summed E-state index contributed by atoms with van der Waals surface area (Å²) >= 11 is 0. The van der Waals surface area contributed by atoms with Crippen LogP contribution in [0.4, 0.5) is 4.79 Å². The van der Waals surface area contributed by atoms with Gasteiger partial charge in [0.1, 0.15) is 5.60 Å². The zero-order valence-electron chi connectivity index (χ0n) is 7.62. The Kier molecular flexibility index (Phi) is 3.30. The van der Waals surface area contributed by atoms with Crippen LogP contribution in [0.15, 0.2) is 0 Å². The minimum atomic E-state index is -3.53. The molecule has 0 aromatic heterocycles. The van der Waals surface area contributed by atoms with Gasteiger partial charge >= 0.3 is 6.09 Å². The van der Waals surface area contributed by atoms with E-state index in [4.69, 9.17) is 9.63 Å². The Morgan fingerprint density at radius 2 is 1.92 bits per heavy atom. The monoisotopic (exact) mass is 195 g/mol. The van der Waals surface area contributed by atoms with Crippen molar-refractivity contribution in [2.24, 2.45) is 0 Å². The molecule has 0 saturated carbocycles. The molecular weight excluding hydrogens is 181 g/mol. The lowest BCUT2D eigenvalue weighted by Gasteiger charge is -2.20. The maximum Gasteiger partial charge on any atom is 0.414 e. The third-order valence-corrected chi connectivity index (χ3v) is 1.30. The first-order valence-corrected chi connectivity index (χ1v) is 5.52. The number of carbonyl (C=O) groups excluding carboxylic acids is 1. The van der Waals surface area contributed by atoms with Gasteiger partial charge in [-0.25, -0.2) is 4.79 Å². The molecule has 0 rings (SSSR count). The predicted molar refractivity (Wildman–Crippen MR) is 45.1 cm³/mol. The summed E-state index contributed by atoms with van der Waals surface area (Å²) in [7, 11) is -3.53. The smallest absolute Gasteiger partial charge is 0.414 e. The van der Waals surface area contributed by atoms with E-state index in [1.54, 1.807) is 20.8 Å². The lowest BCUT2D eigenvalue weighted by Crippen LogP contribution is -2.30. The van der Waals surface area contributed by atoms with Gasteiger partial charge in [-0.2, -0.15) is 0 Å². The molecule has 72 valence electrons. The first kappa shape index (κ1) is 11.5. The maximum atomic E-state index is 10.8. The normalized spacial score (nSPS) is 16.4. The van der Waals surface area contributed by atoms with Crippen LogP contribution in [-0.2, 0) is 9.30 Å². The van der Waals surface area contributed by atoms with Crippen LogP contribution in [0, 0.1) is 0 Å². The molecule has 0 heterocycles. The van der Waals surface area contributed by atoms with Gasteiger partial charge in [0.2, 0.25) is 0 Å². The molecule has 6 heteroatoms. The van der Waals surface area contributed by atoms with E-state index in [2.05, 4.69) is 0 Å². The van der Waals surface area contributed by atoms with E-state index in [0.717, 1.165) is 6.66 Å². The molecule has 12 heavy (non-hydrogen) atoms. The molecule has 1 unspecified atom stereocenters. The number of amides is 1. The number of hydrogen-bond acceptors (Lipinski definition) is 3. The number of nitrogens with one attached hydrogen (secondary N) is 1. The van der Waals surface area contributed by atoms with Gasteiger partial charge in [0, 0.05) is 6.66 Å². The summed E-state index contributed by atoms with van der Waals surface area (Å²) in [5, 5.41) is 1.83. The second-order valence-electron chi connectivity index (χ2n) is 3.49. The fraction of sp³-hybridized carbons (Fsp3) is 0.833. The van der Waals surface area contributed by atoms with Crippen molar-refractivity contribution in [1.82, 2.24) is 5.09 Å². The second kappa shape index (κ2) is 3.46. The second-order valence-corrected chi connectivity index (χ2v) is 5.47. The van der Waals surface area contributed by atoms with Crippen LogP contribution in [-0.4, -0.2) is 23.3 Å². The Morgan fingerprint density at radius 3 is 2.17 bits per heavy atom. The fourth-order valence-corrected chi connectivity index (χ4v) is 0.855. The van der Waals surface area contributed by atoms with Gasteiger partial charge in [0.05, 0.1) is 0 Å². The van der Waals surface area contributed by atoms with Gasteiger partial charge in [-0.15, -0.1) is 0 Å². The first-order valence-electron chi connectivity index (χ1n) is 3.42. The highest BCUT2D eigenvalue weighted by Gasteiger charge is 2.20. The van der Waals surface area contributed by atoms with Crippen LogP contribution in [0.1, 0.15) is 20.8 Å². The minimum absolute atomic E-state index is 0.654. The quantitative estimate of drug-likeness (QED) is 0.619. The molecule has 0 spiro atoms. The van der Waals surface area contributed by atoms with Gasteiger partial charge in [0.15, 0.2) is 0 Å². The van der Waals surface area contributed by atoms with E-state index < -0.39 is 19.2 Å². The maximum absolute atomic E-state index is 10.8. The van der Waals surface area contributed by atoms with E-state index in [-0.39, 0.29) is 0 Å². The van der Waals surface area contributed by atoms with Crippen LogP contribution >= 0.6 is 7.52 Å². The molecule has 0 aliphatic heterocycles. The van der Waals surface area contributed by atoms with Gasteiger partial charge in [-0.05, 0) is 20.8 Å². The number of hydrogen-bond donors (Lipinski definition) is 2. The van der Waals surface area contributed by atoms with Crippen LogP contribution in [0.25, 0.3) is 0 Å². The topological polar surface area (TPSA) is 75.6 Å². The van der Waals surface area contributed by atoms with Crippen molar-refractivity contribution < 1.29 is 19.0 Å². The molecule has 0 aliphatic carbocycles. The average molecular weight is 195 g/mol. The first-order chi connectivity index (χ1) is 5.10. The summed E-state index contributed by atoms with van der Waals surface area (Å²) in [5.41, 5.74) is -0.654. The summed E-state index contributed by atoms with van der Waals surface area (Å²) in [4.78, 5) is 19.5. The summed E-state index contributed by atoms with van der Waals surface area (Å²) in [6.07, 6.45) is -0.879. The Hall–Kier alpha value is -0.540. The highest BCUT2D eigenvalue weighted by molar-refractivity contribution is 7.55. The Bertz CT molecular complexity index is 214. The third kappa shape index (κ3) is 7.57. The largest absolute Gasteiger partial charge is 0.444 e. The summed E-state index contributed by atoms with van der Waals surface area (Å²) in [5.74, 6) is 0. The molecule has 1 amide bonds. The van der Waals surface area contributed by atoms with E-state index in [1.165, 1.54) is 0 Å². The summed E-state index contributed by atoms with van der Waals surface area (Å²) in [6.45, 7) is 6.04. The van der Waals surface area contributed by atoms with Crippen LogP contribution in [0.2, 0.25) is 0 Å². The lowest BCUT2D eigenvalue weighted by atomic mass is 10.2. The highest BCUT2D eigenvalue weighted by atomic mass is 31.2. The van der Waals surface area contributed by atoms with Crippen molar-refractivity contribution >= 4 is 13.6 Å². The number of ether oxygens (including phenoxy) is 1. The van der Waals surface area contributed by atoms with E-state index >= 15 is 0 Å². The predicted octanol–water partition coefficient (Wildman–Crippen LogP) is 1.33. The summed E-state index contributed by atoms with van der Waals surface area (Å²) < 4.78 is 15.4. The van der Waals surface area contributed by atoms with Crippen molar-refractivity contribution in [2.45, 2.75) is 26.4 Å². The molecule has 5 nitrogen and oxygen atoms in total. The molecule has 1 atom stereocenters. The molecule has 0 fully saturated rings. The highest BCUT2D eigenvalue weighted by Crippen LogP contribution is 2.29. The number of carbonyl (C=O) groups is 1. The fourth-order valence-electron chi connectivity index (χ4n) is 0.470. The molecule has 2 N–H and O–H groups in total. The van der Waals surface area contributed by atoms with Crippen molar-refractivity contribution in [3.05, 3.63) is 0 Å². The van der Waals surface area contributed by atoms with E-state index in [1.807, 2.05) is 5.09 Å². The van der Waals surface area contributed by atoms with Gasteiger partial charge in [-0.3, -0.25) is 9.65 Å².